The van der Waals surface area contributed by atoms with Crippen molar-refractivity contribution in [2.45, 2.75) is 32.3 Å². The van der Waals surface area contributed by atoms with Crippen molar-refractivity contribution in [3.8, 4) is 22.3 Å². The van der Waals surface area contributed by atoms with E-state index < -0.39 is 5.97 Å². The lowest BCUT2D eigenvalue weighted by molar-refractivity contribution is 0.0435. The van der Waals surface area contributed by atoms with Gasteiger partial charge in [-0.15, -0.1) is 21.5 Å². The van der Waals surface area contributed by atoms with Crippen LogP contribution in [0, 0.1) is 0 Å². The first kappa shape index (κ1) is 17.5. The molecule has 0 saturated carbocycles. The summed E-state index contributed by atoms with van der Waals surface area (Å²) in [6, 6.07) is 6.44. The Hall–Kier alpha value is -2.87. The molecule has 0 atom stereocenters. The summed E-state index contributed by atoms with van der Waals surface area (Å²) in [5.41, 5.74) is 1.38. The lowest BCUT2D eigenvalue weighted by Gasteiger charge is -2.08. The van der Waals surface area contributed by atoms with Gasteiger partial charge < -0.3 is 19.0 Å². The normalized spacial score (nSPS) is 13.2. The van der Waals surface area contributed by atoms with E-state index in [1.807, 2.05) is 0 Å². The first-order chi connectivity index (χ1) is 13.1. The van der Waals surface area contributed by atoms with Crippen molar-refractivity contribution in [3.05, 3.63) is 46.2 Å². The molecule has 0 unspecified atom stereocenters. The minimum absolute atomic E-state index is 0.0139. The highest BCUT2D eigenvalue weighted by molar-refractivity contribution is 7.15. The second-order valence-electron chi connectivity index (χ2n) is 6.23. The molecule has 7 nitrogen and oxygen atoms in total. The first-order valence-corrected chi connectivity index (χ1v) is 9.44. The number of phenols is 1. The maximum atomic E-state index is 12.2. The third-order valence-corrected chi connectivity index (χ3v) is 5.65. The van der Waals surface area contributed by atoms with Crippen LogP contribution in [-0.2, 0) is 24.2 Å². The van der Waals surface area contributed by atoms with Crippen molar-refractivity contribution in [1.82, 2.24) is 10.2 Å². The number of esters is 1. The molecule has 3 aromatic rings. The third kappa shape index (κ3) is 3.66. The van der Waals surface area contributed by atoms with E-state index in [2.05, 4.69) is 16.3 Å². The number of hydrogen-bond acceptors (Lipinski definition) is 8. The average molecular weight is 386 g/mol. The number of fused-ring (bicyclic) bond motifs is 1. The van der Waals surface area contributed by atoms with Gasteiger partial charge in [0.15, 0.2) is 6.61 Å². The Bertz CT molecular complexity index is 955. The van der Waals surface area contributed by atoms with Gasteiger partial charge in [-0.3, -0.25) is 0 Å². The van der Waals surface area contributed by atoms with Crippen molar-refractivity contribution < 1.29 is 23.8 Å². The molecule has 1 aliphatic carbocycles. The number of hydrogen-bond donors (Lipinski definition) is 1. The summed E-state index contributed by atoms with van der Waals surface area (Å²) >= 11 is 1.68. The minimum atomic E-state index is -0.697. The van der Waals surface area contributed by atoms with E-state index in [1.165, 1.54) is 42.5 Å². The fraction of sp³-hybridized carbons (Fsp3) is 0.316. The lowest BCUT2D eigenvalue weighted by Crippen LogP contribution is -2.06. The second-order valence-corrected chi connectivity index (χ2v) is 7.36. The number of benzene rings is 1. The number of methoxy groups -OCH3 is 1. The zero-order chi connectivity index (χ0) is 18.8. The first-order valence-electron chi connectivity index (χ1n) is 8.62. The quantitative estimate of drug-likeness (QED) is 0.667. The number of aromatic hydroxyl groups is 1. The zero-order valence-corrected chi connectivity index (χ0v) is 15.5. The molecule has 0 amide bonds. The molecule has 1 N–H and O–H groups in total. The van der Waals surface area contributed by atoms with Gasteiger partial charge in [0.05, 0.1) is 12.0 Å². The number of phenolic OH excluding ortho intramolecular Hbond substituents is 1. The van der Waals surface area contributed by atoms with Crippen LogP contribution in [0.15, 0.2) is 28.7 Å². The summed E-state index contributed by atoms with van der Waals surface area (Å²) in [6.45, 7) is -0.173. The molecule has 140 valence electrons. The molecule has 0 fully saturated rings. The second kappa shape index (κ2) is 7.40. The molecule has 1 aromatic carbocycles. The highest BCUT2D eigenvalue weighted by atomic mass is 32.1. The van der Waals surface area contributed by atoms with Gasteiger partial charge in [-0.05, 0) is 55.5 Å². The summed E-state index contributed by atoms with van der Waals surface area (Å²) in [7, 11) is 1.48. The number of carbonyl (C=O) groups excluding carboxylic acids is 1. The Balaban J connectivity index is 1.44. The number of rotatable bonds is 5. The largest absolute Gasteiger partial charge is 0.507 e. The summed E-state index contributed by atoms with van der Waals surface area (Å²) in [6.07, 6.45) is 4.62. The molecule has 0 bridgehead atoms. The van der Waals surface area contributed by atoms with Crippen LogP contribution in [0.2, 0.25) is 0 Å². The number of nitrogens with zero attached hydrogens (tertiary/aromatic N) is 2. The molecule has 0 aliphatic heterocycles. The van der Waals surface area contributed by atoms with E-state index in [1.54, 1.807) is 17.4 Å². The van der Waals surface area contributed by atoms with Gasteiger partial charge in [0.1, 0.15) is 17.1 Å². The van der Waals surface area contributed by atoms with Crippen LogP contribution in [0.25, 0.3) is 10.8 Å². The van der Waals surface area contributed by atoms with E-state index in [0.29, 0.717) is 11.6 Å². The summed E-state index contributed by atoms with van der Waals surface area (Å²) < 4.78 is 15.9. The smallest absolute Gasteiger partial charge is 0.342 e. The fourth-order valence-electron chi connectivity index (χ4n) is 3.02. The fourth-order valence-corrected chi connectivity index (χ4v) is 4.19. The van der Waals surface area contributed by atoms with Crippen LogP contribution >= 0.6 is 11.3 Å². The Kier molecular flexibility index (Phi) is 4.81. The van der Waals surface area contributed by atoms with Gasteiger partial charge in [-0.25, -0.2) is 4.79 Å². The van der Waals surface area contributed by atoms with Gasteiger partial charge >= 0.3 is 5.97 Å². The third-order valence-electron chi connectivity index (χ3n) is 4.42. The minimum Gasteiger partial charge on any atom is -0.507 e. The van der Waals surface area contributed by atoms with E-state index in [9.17, 15) is 9.90 Å². The molecular weight excluding hydrogens is 368 g/mol. The molecule has 0 spiro atoms. The molecule has 4 rings (SSSR count). The number of aromatic nitrogens is 2. The number of carbonyl (C=O) groups is 1. The predicted molar refractivity (Wildman–Crippen MR) is 98.0 cm³/mol. The van der Waals surface area contributed by atoms with Crippen molar-refractivity contribution in [3.63, 3.8) is 0 Å². The summed E-state index contributed by atoms with van der Waals surface area (Å²) in [5, 5.41) is 17.8. The monoisotopic (exact) mass is 386 g/mol. The molecule has 2 aromatic heterocycles. The molecule has 27 heavy (non-hydrogen) atoms. The Morgan fingerprint density at radius 1 is 1.26 bits per heavy atom. The van der Waals surface area contributed by atoms with Gasteiger partial charge in [-0.2, -0.15) is 0 Å². The van der Waals surface area contributed by atoms with Gasteiger partial charge in [0.25, 0.3) is 11.8 Å². The van der Waals surface area contributed by atoms with Crippen LogP contribution in [-0.4, -0.2) is 28.4 Å². The standard InChI is InChI=1S/C19H18N2O5S/c1-24-12-6-7-14(22)13(9-12)19(23)25-10-17-20-21-18(26-17)16-8-11-4-2-3-5-15(11)27-16/h6-9,22H,2-5,10H2,1H3. The van der Waals surface area contributed by atoms with Crippen LogP contribution in [0.1, 0.15) is 39.5 Å². The van der Waals surface area contributed by atoms with E-state index in [0.717, 1.165) is 17.7 Å². The van der Waals surface area contributed by atoms with E-state index in [4.69, 9.17) is 13.9 Å². The molecule has 1 aliphatic rings. The molecule has 2 heterocycles. The average Bonchev–Trinajstić information content (AvgIpc) is 3.33. The van der Waals surface area contributed by atoms with Crippen LogP contribution in [0.3, 0.4) is 0 Å². The highest BCUT2D eigenvalue weighted by Crippen LogP contribution is 2.35. The molecule has 8 heteroatoms. The van der Waals surface area contributed by atoms with E-state index >= 15 is 0 Å². The highest BCUT2D eigenvalue weighted by Gasteiger charge is 2.19. The Morgan fingerprint density at radius 3 is 2.93 bits per heavy atom. The van der Waals surface area contributed by atoms with E-state index in [-0.39, 0.29) is 23.8 Å². The molecule has 0 saturated heterocycles. The van der Waals surface area contributed by atoms with Crippen LogP contribution in [0.5, 0.6) is 11.5 Å². The lowest BCUT2D eigenvalue weighted by atomic mass is 9.99. The number of thiophene rings is 1. The molecule has 0 radical (unpaired) electrons. The summed E-state index contributed by atoms with van der Waals surface area (Å²) in [5.74, 6) is 0.201. The SMILES string of the molecule is COc1ccc(O)c(C(=O)OCc2nnc(-c3cc4c(s3)CCCC4)o2)c1. The maximum Gasteiger partial charge on any atom is 0.342 e. The van der Waals surface area contributed by atoms with Gasteiger partial charge in [-0.1, -0.05) is 0 Å². The Labute approximate surface area is 159 Å². The topological polar surface area (TPSA) is 94.7 Å². The van der Waals surface area contributed by atoms with Gasteiger partial charge in [0.2, 0.25) is 0 Å². The Morgan fingerprint density at radius 2 is 2.11 bits per heavy atom. The zero-order valence-electron chi connectivity index (χ0n) is 14.7. The number of ether oxygens (including phenoxy) is 2. The number of aryl methyl sites for hydroxylation is 2. The van der Waals surface area contributed by atoms with Crippen molar-refractivity contribution in [2.75, 3.05) is 7.11 Å². The molecular formula is C19H18N2O5S. The van der Waals surface area contributed by atoms with Crippen LogP contribution in [0.4, 0.5) is 0 Å². The predicted octanol–water partition coefficient (Wildman–Crippen LogP) is 3.75. The van der Waals surface area contributed by atoms with Crippen LogP contribution < -0.4 is 4.74 Å². The van der Waals surface area contributed by atoms with Gasteiger partial charge in [0, 0.05) is 4.88 Å². The summed E-state index contributed by atoms with van der Waals surface area (Å²) in [4.78, 5) is 14.5. The van der Waals surface area contributed by atoms with Crippen molar-refractivity contribution >= 4 is 17.3 Å². The van der Waals surface area contributed by atoms with Crippen molar-refractivity contribution in [1.29, 1.82) is 0 Å². The van der Waals surface area contributed by atoms with Crippen molar-refractivity contribution in [2.24, 2.45) is 0 Å². The maximum absolute atomic E-state index is 12.2.